The molecule has 0 aromatic rings. The van der Waals surface area contributed by atoms with Crippen molar-refractivity contribution in [2.45, 2.75) is 26.2 Å². The number of rotatable bonds is 6. The largest absolute Gasteiger partial charge is 0.481 e. The van der Waals surface area contributed by atoms with Gasteiger partial charge in [-0.25, -0.2) is 0 Å². The van der Waals surface area contributed by atoms with Crippen molar-refractivity contribution >= 4 is 5.97 Å². The van der Waals surface area contributed by atoms with Gasteiger partial charge in [-0.2, -0.15) is 0 Å². The van der Waals surface area contributed by atoms with Crippen LogP contribution < -0.4 is 0 Å². The zero-order valence-electron chi connectivity index (χ0n) is 8.21. The van der Waals surface area contributed by atoms with E-state index in [2.05, 4.69) is 4.90 Å². The minimum absolute atomic E-state index is 0.188. The van der Waals surface area contributed by atoms with E-state index in [1.54, 1.807) is 6.92 Å². The van der Waals surface area contributed by atoms with Gasteiger partial charge in [0.2, 0.25) is 0 Å². The van der Waals surface area contributed by atoms with Crippen LogP contribution in [0, 0.1) is 5.92 Å². The first-order valence-electron chi connectivity index (χ1n) is 4.41. The van der Waals surface area contributed by atoms with Gasteiger partial charge in [-0.15, -0.1) is 0 Å². The van der Waals surface area contributed by atoms with Gasteiger partial charge < -0.3 is 10.0 Å². The van der Waals surface area contributed by atoms with E-state index < -0.39 is 5.97 Å². The van der Waals surface area contributed by atoms with Crippen molar-refractivity contribution in [2.24, 2.45) is 5.92 Å². The SMILES string of the molecule is CC(CCCCN(C)C)C(=O)O. The zero-order valence-corrected chi connectivity index (χ0v) is 8.21. The molecule has 0 saturated heterocycles. The van der Waals surface area contributed by atoms with Crippen LogP contribution in [0.15, 0.2) is 0 Å². The highest BCUT2D eigenvalue weighted by Crippen LogP contribution is 2.07. The molecule has 0 aromatic carbocycles. The van der Waals surface area contributed by atoms with Crippen LogP contribution in [-0.2, 0) is 4.79 Å². The summed E-state index contributed by atoms with van der Waals surface area (Å²) in [5, 5.41) is 8.58. The quantitative estimate of drug-likeness (QED) is 0.618. The molecule has 0 fully saturated rings. The van der Waals surface area contributed by atoms with Crippen molar-refractivity contribution in [3.8, 4) is 0 Å². The maximum absolute atomic E-state index is 10.4. The molecule has 3 nitrogen and oxygen atoms in total. The lowest BCUT2D eigenvalue weighted by molar-refractivity contribution is -0.141. The Balaban J connectivity index is 3.25. The fourth-order valence-corrected chi connectivity index (χ4v) is 1.00. The van der Waals surface area contributed by atoms with Gasteiger partial charge in [0.1, 0.15) is 0 Å². The topological polar surface area (TPSA) is 40.5 Å². The summed E-state index contributed by atoms with van der Waals surface area (Å²) in [7, 11) is 4.06. The summed E-state index contributed by atoms with van der Waals surface area (Å²) in [5.74, 6) is -0.869. The molecule has 0 aliphatic carbocycles. The molecule has 0 bridgehead atoms. The van der Waals surface area contributed by atoms with Crippen LogP contribution in [0.2, 0.25) is 0 Å². The number of nitrogens with zero attached hydrogens (tertiary/aromatic N) is 1. The van der Waals surface area contributed by atoms with Crippen LogP contribution in [0.25, 0.3) is 0 Å². The first-order valence-corrected chi connectivity index (χ1v) is 4.41. The maximum atomic E-state index is 10.4. The molecule has 0 saturated carbocycles. The first kappa shape index (κ1) is 11.4. The molecule has 1 N–H and O–H groups in total. The normalized spacial score (nSPS) is 13.3. The molecular weight excluding hydrogens is 154 g/mol. The lowest BCUT2D eigenvalue weighted by Crippen LogP contribution is -2.14. The van der Waals surface area contributed by atoms with E-state index in [1.807, 2.05) is 14.1 Å². The lowest BCUT2D eigenvalue weighted by atomic mass is 10.0. The minimum Gasteiger partial charge on any atom is -0.481 e. The van der Waals surface area contributed by atoms with E-state index in [9.17, 15) is 4.79 Å². The third-order valence-corrected chi connectivity index (χ3v) is 1.91. The van der Waals surface area contributed by atoms with Gasteiger partial charge in [-0.1, -0.05) is 13.3 Å². The zero-order chi connectivity index (χ0) is 9.56. The monoisotopic (exact) mass is 173 g/mol. The molecule has 0 aliphatic heterocycles. The lowest BCUT2D eigenvalue weighted by Gasteiger charge is -2.09. The van der Waals surface area contributed by atoms with Gasteiger partial charge >= 0.3 is 5.97 Å². The molecule has 0 aromatic heterocycles. The Hall–Kier alpha value is -0.570. The van der Waals surface area contributed by atoms with Crippen LogP contribution in [0.3, 0.4) is 0 Å². The Labute approximate surface area is 74.4 Å². The van der Waals surface area contributed by atoms with E-state index in [0.29, 0.717) is 0 Å². The first-order chi connectivity index (χ1) is 5.54. The molecule has 12 heavy (non-hydrogen) atoms. The van der Waals surface area contributed by atoms with Crippen molar-refractivity contribution < 1.29 is 9.90 Å². The minimum atomic E-state index is -0.681. The van der Waals surface area contributed by atoms with Crippen LogP contribution in [-0.4, -0.2) is 36.6 Å². The average Bonchev–Trinajstić information content (AvgIpc) is 1.97. The van der Waals surface area contributed by atoms with E-state index in [-0.39, 0.29) is 5.92 Å². The predicted octanol–water partition coefficient (Wildman–Crippen LogP) is 1.44. The predicted molar refractivity (Wildman–Crippen MR) is 49.2 cm³/mol. The summed E-state index contributed by atoms with van der Waals surface area (Å²) < 4.78 is 0. The van der Waals surface area contributed by atoms with Crippen molar-refractivity contribution in [3.63, 3.8) is 0 Å². The highest BCUT2D eigenvalue weighted by atomic mass is 16.4. The third kappa shape index (κ3) is 6.16. The summed E-state index contributed by atoms with van der Waals surface area (Å²) in [6.07, 6.45) is 2.89. The second-order valence-electron chi connectivity index (χ2n) is 3.54. The summed E-state index contributed by atoms with van der Waals surface area (Å²) in [5.41, 5.74) is 0. The van der Waals surface area contributed by atoms with Gasteiger partial charge in [-0.3, -0.25) is 4.79 Å². The molecule has 0 amide bonds. The number of hydrogen-bond acceptors (Lipinski definition) is 2. The van der Waals surface area contributed by atoms with E-state index >= 15 is 0 Å². The van der Waals surface area contributed by atoms with E-state index in [1.165, 1.54) is 0 Å². The Morgan fingerprint density at radius 1 is 1.42 bits per heavy atom. The molecule has 0 spiro atoms. The second-order valence-corrected chi connectivity index (χ2v) is 3.54. The van der Waals surface area contributed by atoms with E-state index in [0.717, 1.165) is 25.8 Å². The molecule has 3 heteroatoms. The van der Waals surface area contributed by atoms with E-state index in [4.69, 9.17) is 5.11 Å². The highest BCUT2D eigenvalue weighted by molar-refractivity contribution is 5.69. The number of carboxylic acids is 1. The Morgan fingerprint density at radius 3 is 2.42 bits per heavy atom. The van der Waals surface area contributed by atoms with Crippen molar-refractivity contribution in [3.05, 3.63) is 0 Å². The van der Waals surface area contributed by atoms with Crippen LogP contribution in [0.4, 0.5) is 0 Å². The number of carboxylic acid groups (broad SMARTS) is 1. The van der Waals surface area contributed by atoms with Gasteiger partial charge in [0.15, 0.2) is 0 Å². The van der Waals surface area contributed by atoms with Crippen LogP contribution in [0.1, 0.15) is 26.2 Å². The van der Waals surface area contributed by atoms with Crippen LogP contribution in [0.5, 0.6) is 0 Å². The standard InChI is InChI=1S/C9H19NO2/c1-8(9(11)12)6-4-5-7-10(2)3/h8H,4-7H2,1-3H3,(H,11,12). The number of unbranched alkanes of at least 4 members (excludes halogenated alkanes) is 1. The van der Waals surface area contributed by atoms with Gasteiger partial charge in [0, 0.05) is 0 Å². The Bertz CT molecular complexity index is 134. The summed E-state index contributed by atoms with van der Waals surface area (Å²) in [4.78, 5) is 12.5. The van der Waals surface area contributed by atoms with Crippen LogP contribution >= 0.6 is 0 Å². The summed E-state index contributed by atoms with van der Waals surface area (Å²) in [6, 6.07) is 0. The van der Waals surface area contributed by atoms with Gasteiger partial charge in [0.05, 0.1) is 5.92 Å². The van der Waals surface area contributed by atoms with Crippen molar-refractivity contribution in [1.29, 1.82) is 0 Å². The summed E-state index contributed by atoms with van der Waals surface area (Å²) >= 11 is 0. The molecule has 0 radical (unpaired) electrons. The van der Waals surface area contributed by atoms with Gasteiger partial charge in [0.25, 0.3) is 0 Å². The molecule has 1 unspecified atom stereocenters. The Kier molecular flexibility index (Phi) is 5.72. The van der Waals surface area contributed by atoms with Crippen molar-refractivity contribution in [2.75, 3.05) is 20.6 Å². The number of carbonyl (C=O) groups is 1. The molecule has 0 rings (SSSR count). The number of hydrogen-bond donors (Lipinski definition) is 1. The summed E-state index contributed by atoms with van der Waals surface area (Å²) in [6.45, 7) is 2.81. The van der Waals surface area contributed by atoms with Crippen molar-refractivity contribution in [1.82, 2.24) is 4.90 Å². The fraction of sp³-hybridized carbons (Fsp3) is 0.889. The molecule has 72 valence electrons. The third-order valence-electron chi connectivity index (χ3n) is 1.91. The molecule has 0 heterocycles. The molecule has 0 aliphatic rings. The highest BCUT2D eigenvalue weighted by Gasteiger charge is 2.09. The smallest absolute Gasteiger partial charge is 0.306 e. The molecule has 1 atom stereocenters. The Morgan fingerprint density at radius 2 is 2.00 bits per heavy atom. The second kappa shape index (κ2) is 6.00. The fourth-order valence-electron chi connectivity index (χ4n) is 1.00. The van der Waals surface area contributed by atoms with Gasteiger partial charge in [-0.05, 0) is 33.5 Å². The number of aliphatic carboxylic acids is 1. The maximum Gasteiger partial charge on any atom is 0.306 e. The average molecular weight is 173 g/mol. The molecular formula is C9H19NO2.